The maximum atomic E-state index is 5.84. The molecule has 2 aliphatic rings. The summed E-state index contributed by atoms with van der Waals surface area (Å²) < 4.78 is 5.84. The number of rotatable bonds is 4. The molecule has 2 atom stereocenters. The van der Waals surface area contributed by atoms with Crippen LogP contribution < -0.4 is 5.32 Å². The largest absolute Gasteiger partial charge is 0.372 e. The Hall–Kier alpha value is -0.650. The van der Waals surface area contributed by atoms with E-state index in [2.05, 4.69) is 22.1 Å². The SMILES string of the molecule is CCNc1ncc(CN2CC3CCC(C2)O3)s1. The summed E-state index contributed by atoms with van der Waals surface area (Å²) in [5.74, 6) is 0. The van der Waals surface area contributed by atoms with Crippen LogP contribution in [0.4, 0.5) is 5.13 Å². The summed E-state index contributed by atoms with van der Waals surface area (Å²) in [5.41, 5.74) is 0. The van der Waals surface area contributed by atoms with E-state index in [-0.39, 0.29) is 0 Å². The first-order chi connectivity index (χ1) is 8.33. The first-order valence-corrected chi connectivity index (χ1v) is 7.21. The normalized spacial score (nSPS) is 28.5. The van der Waals surface area contributed by atoms with Crippen molar-refractivity contribution >= 4 is 16.5 Å². The summed E-state index contributed by atoms with van der Waals surface area (Å²) in [5, 5.41) is 4.30. The predicted molar refractivity (Wildman–Crippen MR) is 69.4 cm³/mol. The fourth-order valence-electron chi connectivity index (χ4n) is 2.66. The molecule has 94 valence electrons. The summed E-state index contributed by atoms with van der Waals surface area (Å²) in [6.45, 7) is 6.24. The topological polar surface area (TPSA) is 37.4 Å². The number of thiazole rings is 1. The number of nitrogens with one attached hydrogen (secondary N) is 1. The van der Waals surface area contributed by atoms with E-state index in [1.807, 2.05) is 6.20 Å². The molecule has 17 heavy (non-hydrogen) atoms. The third-order valence-electron chi connectivity index (χ3n) is 3.38. The minimum Gasteiger partial charge on any atom is -0.372 e. The van der Waals surface area contributed by atoms with Crippen LogP contribution in [0, 0.1) is 0 Å². The second-order valence-electron chi connectivity index (χ2n) is 4.81. The van der Waals surface area contributed by atoms with Gasteiger partial charge in [-0.15, -0.1) is 11.3 Å². The van der Waals surface area contributed by atoms with Gasteiger partial charge in [-0.1, -0.05) is 0 Å². The molecule has 2 fully saturated rings. The van der Waals surface area contributed by atoms with Crippen LogP contribution in [0.5, 0.6) is 0 Å². The molecular formula is C12H19N3OS. The highest BCUT2D eigenvalue weighted by Gasteiger charge is 2.33. The highest BCUT2D eigenvalue weighted by Crippen LogP contribution is 2.28. The van der Waals surface area contributed by atoms with Gasteiger partial charge in [0.2, 0.25) is 0 Å². The Morgan fingerprint density at radius 2 is 2.24 bits per heavy atom. The molecule has 3 heterocycles. The fourth-order valence-corrected chi connectivity index (χ4v) is 3.59. The van der Waals surface area contributed by atoms with E-state index in [4.69, 9.17) is 4.74 Å². The maximum Gasteiger partial charge on any atom is 0.182 e. The number of fused-ring (bicyclic) bond motifs is 2. The van der Waals surface area contributed by atoms with Crippen molar-refractivity contribution in [2.24, 2.45) is 0 Å². The number of ether oxygens (including phenoxy) is 1. The molecule has 0 aliphatic carbocycles. The van der Waals surface area contributed by atoms with Crippen LogP contribution in [0.25, 0.3) is 0 Å². The van der Waals surface area contributed by atoms with E-state index in [0.717, 1.165) is 31.3 Å². The molecule has 0 saturated carbocycles. The number of anilines is 1. The van der Waals surface area contributed by atoms with Crippen LogP contribution >= 0.6 is 11.3 Å². The summed E-state index contributed by atoms with van der Waals surface area (Å²) in [7, 11) is 0. The number of nitrogens with zero attached hydrogens (tertiary/aromatic N) is 2. The molecule has 0 spiro atoms. The summed E-state index contributed by atoms with van der Waals surface area (Å²) in [6, 6.07) is 0. The van der Waals surface area contributed by atoms with Gasteiger partial charge in [-0.05, 0) is 19.8 Å². The van der Waals surface area contributed by atoms with Crippen LogP contribution in [0.1, 0.15) is 24.6 Å². The third kappa shape index (κ3) is 2.61. The van der Waals surface area contributed by atoms with Crippen molar-refractivity contribution in [2.75, 3.05) is 25.0 Å². The number of hydrogen-bond donors (Lipinski definition) is 1. The average Bonchev–Trinajstić information content (AvgIpc) is 2.87. The van der Waals surface area contributed by atoms with Crippen LogP contribution in [-0.2, 0) is 11.3 Å². The second kappa shape index (κ2) is 4.92. The lowest BCUT2D eigenvalue weighted by Gasteiger charge is -2.31. The average molecular weight is 253 g/mol. The van der Waals surface area contributed by atoms with Crippen molar-refractivity contribution < 1.29 is 4.74 Å². The van der Waals surface area contributed by atoms with E-state index in [9.17, 15) is 0 Å². The zero-order valence-corrected chi connectivity index (χ0v) is 11.0. The van der Waals surface area contributed by atoms with Crippen molar-refractivity contribution in [3.8, 4) is 0 Å². The molecule has 1 aromatic rings. The van der Waals surface area contributed by atoms with E-state index >= 15 is 0 Å². The molecule has 2 saturated heterocycles. The predicted octanol–water partition coefficient (Wildman–Crippen LogP) is 1.94. The van der Waals surface area contributed by atoms with Crippen molar-refractivity contribution in [1.29, 1.82) is 0 Å². The number of aromatic nitrogens is 1. The Morgan fingerprint density at radius 1 is 1.47 bits per heavy atom. The summed E-state index contributed by atoms with van der Waals surface area (Å²) >= 11 is 1.77. The molecule has 4 nitrogen and oxygen atoms in total. The molecule has 0 amide bonds. The lowest BCUT2D eigenvalue weighted by molar-refractivity contribution is -0.0407. The molecule has 2 bridgehead atoms. The highest BCUT2D eigenvalue weighted by atomic mass is 32.1. The molecule has 5 heteroatoms. The van der Waals surface area contributed by atoms with Crippen LogP contribution in [0.15, 0.2) is 6.20 Å². The van der Waals surface area contributed by atoms with Gasteiger partial charge in [-0.25, -0.2) is 4.98 Å². The minimum absolute atomic E-state index is 0.481. The van der Waals surface area contributed by atoms with Gasteiger partial charge in [0.15, 0.2) is 5.13 Å². The van der Waals surface area contributed by atoms with Crippen molar-refractivity contribution in [1.82, 2.24) is 9.88 Å². The lowest BCUT2D eigenvalue weighted by Crippen LogP contribution is -2.41. The van der Waals surface area contributed by atoms with Crippen LogP contribution in [-0.4, -0.2) is 41.7 Å². The monoisotopic (exact) mass is 253 g/mol. The Morgan fingerprint density at radius 3 is 2.94 bits per heavy atom. The van der Waals surface area contributed by atoms with Crippen molar-refractivity contribution in [2.45, 2.75) is 38.5 Å². The summed E-state index contributed by atoms with van der Waals surface area (Å²) in [6.07, 6.45) is 5.45. The van der Waals surface area contributed by atoms with Gasteiger partial charge in [0, 0.05) is 37.3 Å². The van der Waals surface area contributed by atoms with Gasteiger partial charge in [0.05, 0.1) is 12.2 Å². The third-order valence-corrected chi connectivity index (χ3v) is 4.32. The van der Waals surface area contributed by atoms with Gasteiger partial charge in [-0.3, -0.25) is 4.90 Å². The van der Waals surface area contributed by atoms with Crippen molar-refractivity contribution in [3.63, 3.8) is 0 Å². The van der Waals surface area contributed by atoms with E-state index in [1.165, 1.54) is 17.7 Å². The lowest BCUT2D eigenvalue weighted by atomic mass is 10.2. The zero-order valence-electron chi connectivity index (χ0n) is 10.2. The molecule has 0 radical (unpaired) electrons. The van der Waals surface area contributed by atoms with Gasteiger partial charge < -0.3 is 10.1 Å². The Kier molecular flexibility index (Phi) is 3.31. The molecule has 2 unspecified atom stereocenters. The van der Waals surface area contributed by atoms with E-state index < -0.39 is 0 Å². The smallest absolute Gasteiger partial charge is 0.182 e. The van der Waals surface area contributed by atoms with E-state index in [1.54, 1.807) is 11.3 Å². The first-order valence-electron chi connectivity index (χ1n) is 6.40. The Bertz CT molecular complexity index is 370. The van der Waals surface area contributed by atoms with Crippen LogP contribution in [0.3, 0.4) is 0 Å². The highest BCUT2D eigenvalue weighted by molar-refractivity contribution is 7.15. The first kappa shape index (κ1) is 11.4. The Balaban J connectivity index is 1.58. The number of hydrogen-bond acceptors (Lipinski definition) is 5. The maximum absolute atomic E-state index is 5.84. The zero-order chi connectivity index (χ0) is 11.7. The molecule has 2 aliphatic heterocycles. The molecule has 0 aromatic carbocycles. The van der Waals surface area contributed by atoms with Gasteiger partial charge >= 0.3 is 0 Å². The van der Waals surface area contributed by atoms with Gasteiger partial charge in [0.1, 0.15) is 0 Å². The number of morpholine rings is 1. The van der Waals surface area contributed by atoms with Crippen LogP contribution in [0.2, 0.25) is 0 Å². The second-order valence-corrected chi connectivity index (χ2v) is 5.93. The van der Waals surface area contributed by atoms with E-state index in [0.29, 0.717) is 12.2 Å². The summed E-state index contributed by atoms with van der Waals surface area (Å²) in [4.78, 5) is 8.23. The fraction of sp³-hybridized carbons (Fsp3) is 0.750. The number of likely N-dealkylation sites (tertiary alicyclic amines) is 1. The molecule has 1 N–H and O–H groups in total. The molecule has 1 aromatic heterocycles. The molecule has 3 rings (SSSR count). The minimum atomic E-state index is 0.481. The molecular weight excluding hydrogens is 234 g/mol. The van der Waals surface area contributed by atoms with Crippen molar-refractivity contribution in [3.05, 3.63) is 11.1 Å². The standard InChI is InChI=1S/C12H19N3OS/c1-2-13-12-14-5-11(17-12)8-15-6-9-3-4-10(7-15)16-9/h5,9-10H,2-4,6-8H2,1H3,(H,13,14). The van der Waals surface area contributed by atoms with Gasteiger partial charge in [-0.2, -0.15) is 0 Å². The van der Waals surface area contributed by atoms with Gasteiger partial charge in [0.25, 0.3) is 0 Å². The Labute approximate surface area is 106 Å². The quantitative estimate of drug-likeness (QED) is 0.890.